The van der Waals surface area contributed by atoms with Gasteiger partial charge in [0, 0.05) is 37.3 Å². The van der Waals surface area contributed by atoms with Crippen LogP contribution in [0.2, 0.25) is 0 Å². The Morgan fingerprint density at radius 1 is 1.26 bits per heavy atom. The summed E-state index contributed by atoms with van der Waals surface area (Å²) in [6.07, 6.45) is 2.81. The summed E-state index contributed by atoms with van der Waals surface area (Å²) in [4.78, 5) is 14.3. The fourth-order valence-corrected chi connectivity index (χ4v) is 3.97. The molecule has 2 aromatic rings. The van der Waals surface area contributed by atoms with Gasteiger partial charge in [-0.05, 0) is 42.8 Å². The van der Waals surface area contributed by atoms with Gasteiger partial charge in [-0.3, -0.25) is 4.79 Å². The molecule has 0 aromatic carbocycles. The van der Waals surface area contributed by atoms with Gasteiger partial charge in [-0.25, -0.2) is 0 Å². The number of thiocarbonyl (C=S) groups is 1. The van der Waals surface area contributed by atoms with E-state index in [1.165, 1.54) is 0 Å². The van der Waals surface area contributed by atoms with E-state index in [9.17, 15) is 4.79 Å². The number of piperidine rings is 1. The van der Waals surface area contributed by atoms with Crippen molar-refractivity contribution in [3.8, 4) is 0 Å². The maximum absolute atomic E-state index is 12.0. The molecule has 23 heavy (non-hydrogen) atoms. The Labute approximate surface area is 139 Å². The molecule has 0 radical (unpaired) electrons. The van der Waals surface area contributed by atoms with Gasteiger partial charge in [0.15, 0.2) is 5.11 Å². The lowest BCUT2D eigenvalue weighted by atomic mass is 9.83. The molecule has 1 N–H and O–H groups in total. The molecule has 2 aromatic heterocycles. The predicted octanol–water partition coefficient (Wildman–Crippen LogP) is 1.94. The van der Waals surface area contributed by atoms with E-state index in [4.69, 9.17) is 16.6 Å². The number of hydrogen-bond donors (Lipinski definition) is 1. The van der Waals surface area contributed by atoms with Gasteiger partial charge < -0.3 is 19.2 Å². The van der Waals surface area contributed by atoms with Crippen molar-refractivity contribution in [3.63, 3.8) is 0 Å². The highest BCUT2D eigenvalue weighted by Gasteiger charge is 2.35. The lowest BCUT2D eigenvalue weighted by Crippen LogP contribution is -2.51. The monoisotopic (exact) mass is 329 g/mol. The van der Waals surface area contributed by atoms with Crippen molar-refractivity contribution >= 4 is 17.3 Å². The second-order valence-corrected chi connectivity index (χ2v) is 6.73. The molecule has 4 rings (SSSR count). The number of nitrogens with one attached hydrogen (secondary N) is 1. The van der Waals surface area contributed by atoms with Crippen LogP contribution in [0.1, 0.15) is 23.8 Å². The van der Waals surface area contributed by atoms with Crippen LogP contribution in [0.3, 0.4) is 0 Å². The first-order chi connectivity index (χ1) is 11.2. The Bertz CT molecular complexity index is 768. The van der Waals surface area contributed by atoms with Gasteiger partial charge in [-0.15, -0.1) is 0 Å². The summed E-state index contributed by atoms with van der Waals surface area (Å²) in [6.45, 7) is 3.17. The predicted molar refractivity (Wildman–Crippen MR) is 91.3 cm³/mol. The zero-order valence-electron chi connectivity index (χ0n) is 12.8. The molecule has 0 saturated carbocycles. The Kier molecular flexibility index (Phi) is 3.69. The van der Waals surface area contributed by atoms with Crippen molar-refractivity contribution in [2.24, 2.45) is 5.92 Å². The normalized spacial score (nSPS) is 22.5. The molecule has 1 fully saturated rings. The van der Waals surface area contributed by atoms with E-state index >= 15 is 0 Å². The van der Waals surface area contributed by atoms with E-state index in [1.54, 1.807) is 12.3 Å². The van der Waals surface area contributed by atoms with Gasteiger partial charge in [0.05, 0.1) is 12.8 Å². The Hall–Kier alpha value is -2.08. The van der Waals surface area contributed by atoms with Crippen LogP contribution in [0.25, 0.3) is 0 Å². The van der Waals surface area contributed by atoms with Crippen molar-refractivity contribution in [1.29, 1.82) is 0 Å². The fraction of sp³-hybridized carbons (Fsp3) is 0.412. The number of likely N-dealkylation sites (tertiary alicyclic amines) is 1. The Morgan fingerprint density at radius 2 is 2.17 bits per heavy atom. The van der Waals surface area contributed by atoms with Crippen LogP contribution >= 0.6 is 12.2 Å². The third-order valence-corrected chi connectivity index (χ3v) is 5.16. The average Bonchev–Trinajstić information content (AvgIpc) is 3.07. The molecule has 0 amide bonds. The molecule has 2 bridgehead atoms. The topological polar surface area (TPSA) is 50.4 Å². The van der Waals surface area contributed by atoms with Crippen LogP contribution in [-0.4, -0.2) is 27.7 Å². The van der Waals surface area contributed by atoms with Crippen molar-refractivity contribution in [2.45, 2.75) is 25.4 Å². The summed E-state index contributed by atoms with van der Waals surface area (Å²) in [6, 6.07) is 9.40. The van der Waals surface area contributed by atoms with E-state index in [-0.39, 0.29) is 5.56 Å². The molecule has 1 saturated heterocycles. The quantitative estimate of drug-likeness (QED) is 0.853. The number of rotatable bonds is 2. The van der Waals surface area contributed by atoms with Gasteiger partial charge in [-0.1, -0.05) is 6.07 Å². The van der Waals surface area contributed by atoms with Crippen LogP contribution in [0.5, 0.6) is 0 Å². The largest absolute Gasteiger partial charge is 0.467 e. The van der Waals surface area contributed by atoms with Crippen molar-refractivity contribution in [2.75, 3.05) is 13.1 Å². The summed E-state index contributed by atoms with van der Waals surface area (Å²) in [5, 5.41) is 4.04. The molecule has 0 spiro atoms. The first-order valence-corrected chi connectivity index (χ1v) is 8.36. The lowest BCUT2D eigenvalue weighted by molar-refractivity contribution is 0.177. The maximum atomic E-state index is 12.0. The standard InChI is InChI=1S/C17H19N3O2S/c21-16-5-1-4-15-13-7-12(10-20(15)16)9-19(11-13)17(23)18-8-14-3-2-6-22-14/h1-6,12-13H,7-11H2,(H,18,23)/t12-,13+/m0/s1. The van der Waals surface area contributed by atoms with Crippen LogP contribution in [0.15, 0.2) is 45.8 Å². The summed E-state index contributed by atoms with van der Waals surface area (Å²) in [5.41, 5.74) is 1.26. The van der Waals surface area contributed by atoms with Crippen LogP contribution in [-0.2, 0) is 13.1 Å². The van der Waals surface area contributed by atoms with Crippen LogP contribution < -0.4 is 10.9 Å². The summed E-state index contributed by atoms with van der Waals surface area (Å²) in [5.74, 6) is 1.73. The maximum Gasteiger partial charge on any atom is 0.250 e. The Balaban J connectivity index is 1.47. The highest BCUT2D eigenvalue weighted by Crippen LogP contribution is 2.34. The highest BCUT2D eigenvalue weighted by molar-refractivity contribution is 7.80. The second-order valence-electron chi connectivity index (χ2n) is 6.34. The summed E-state index contributed by atoms with van der Waals surface area (Å²) >= 11 is 5.55. The summed E-state index contributed by atoms with van der Waals surface area (Å²) in [7, 11) is 0. The smallest absolute Gasteiger partial charge is 0.250 e. The number of nitrogens with zero attached hydrogens (tertiary/aromatic N) is 2. The Morgan fingerprint density at radius 3 is 3.00 bits per heavy atom. The average molecular weight is 329 g/mol. The highest BCUT2D eigenvalue weighted by atomic mass is 32.1. The van der Waals surface area contributed by atoms with Gasteiger partial charge >= 0.3 is 0 Å². The minimum atomic E-state index is 0.115. The van der Waals surface area contributed by atoms with E-state index in [0.29, 0.717) is 18.4 Å². The van der Waals surface area contributed by atoms with Gasteiger partial charge in [0.1, 0.15) is 5.76 Å². The molecule has 0 unspecified atom stereocenters. The molecular weight excluding hydrogens is 310 g/mol. The van der Waals surface area contributed by atoms with E-state index in [2.05, 4.69) is 16.3 Å². The molecule has 2 aliphatic heterocycles. The zero-order chi connectivity index (χ0) is 15.8. The van der Waals surface area contributed by atoms with Crippen LogP contribution in [0, 0.1) is 5.92 Å². The number of pyridine rings is 1. The number of furan rings is 1. The van der Waals surface area contributed by atoms with Gasteiger partial charge in [0.25, 0.3) is 5.56 Å². The van der Waals surface area contributed by atoms with Crippen molar-refractivity contribution < 1.29 is 4.42 Å². The third kappa shape index (κ3) is 2.79. The summed E-state index contributed by atoms with van der Waals surface area (Å²) < 4.78 is 7.27. The first kappa shape index (κ1) is 14.5. The SMILES string of the molecule is O=c1cccc2n1C[C@H]1C[C@@H]2CN(C(=S)NCc2ccco2)C1. The zero-order valence-corrected chi connectivity index (χ0v) is 13.6. The van der Waals surface area contributed by atoms with E-state index in [0.717, 1.165) is 42.6 Å². The second kappa shape index (κ2) is 5.85. The number of hydrogen-bond acceptors (Lipinski definition) is 3. The minimum Gasteiger partial charge on any atom is -0.467 e. The first-order valence-electron chi connectivity index (χ1n) is 7.95. The molecule has 0 aliphatic carbocycles. The van der Waals surface area contributed by atoms with E-state index < -0.39 is 0 Å². The van der Waals surface area contributed by atoms with Crippen molar-refractivity contribution in [3.05, 3.63) is 58.4 Å². The fourth-order valence-electron chi connectivity index (χ4n) is 3.75. The van der Waals surface area contributed by atoms with Crippen molar-refractivity contribution in [1.82, 2.24) is 14.8 Å². The molecule has 4 heterocycles. The molecule has 5 nitrogen and oxygen atoms in total. The van der Waals surface area contributed by atoms with Gasteiger partial charge in [0.2, 0.25) is 0 Å². The van der Waals surface area contributed by atoms with Crippen LogP contribution in [0.4, 0.5) is 0 Å². The molecule has 6 heteroatoms. The lowest BCUT2D eigenvalue weighted by Gasteiger charge is -2.43. The molecular formula is C17H19N3O2S. The van der Waals surface area contributed by atoms with E-state index in [1.807, 2.05) is 22.8 Å². The molecule has 2 aliphatic rings. The van der Waals surface area contributed by atoms with Gasteiger partial charge in [-0.2, -0.15) is 0 Å². The molecule has 2 atom stereocenters. The third-order valence-electron chi connectivity index (χ3n) is 4.76. The minimum absolute atomic E-state index is 0.115. The number of aromatic nitrogens is 1. The number of fused-ring (bicyclic) bond motifs is 4. The molecule has 120 valence electrons.